The zero-order chi connectivity index (χ0) is 8.32. The summed E-state index contributed by atoms with van der Waals surface area (Å²) in [5.41, 5.74) is 0. The van der Waals surface area contributed by atoms with Gasteiger partial charge in [0, 0.05) is 12.4 Å². The molecule has 0 atom stereocenters. The fraction of sp³-hybridized carbons (Fsp3) is 0.250. The van der Waals surface area contributed by atoms with Crippen LogP contribution in [0.15, 0.2) is 18.5 Å². The van der Waals surface area contributed by atoms with Gasteiger partial charge in [0.2, 0.25) is 0 Å². The normalized spacial score (nSPS) is 10.8. The van der Waals surface area contributed by atoms with Gasteiger partial charge < -0.3 is 11.2 Å². The van der Waals surface area contributed by atoms with Gasteiger partial charge in [0.25, 0.3) is 0 Å². The van der Waals surface area contributed by atoms with E-state index in [2.05, 4.69) is 9.62 Å². The van der Waals surface area contributed by atoms with Crippen LogP contribution in [-0.4, -0.2) is 19.6 Å². The second-order valence-corrected chi connectivity index (χ2v) is 3.03. The predicted molar refractivity (Wildman–Crippen MR) is 36.5 cm³/mol. The summed E-state index contributed by atoms with van der Waals surface area (Å²) in [6.07, 6.45) is 3.03. The van der Waals surface area contributed by atoms with Crippen molar-refractivity contribution in [1.82, 2.24) is 9.78 Å². The van der Waals surface area contributed by atoms with Crippen LogP contribution >= 0.6 is 7.82 Å². The van der Waals surface area contributed by atoms with E-state index in [1.54, 1.807) is 6.07 Å². The number of hydrogen-bond donors (Lipinski definition) is 2. The van der Waals surface area contributed by atoms with Gasteiger partial charge in [0.15, 0.2) is 6.73 Å². The van der Waals surface area contributed by atoms with Gasteiger partial charge in [-0.05, 0) is 6.07 Å². The van der Waals surface area contributed by atoms with Crippen LogP contribution in [0, 0.1) is 0 Å². The molecule has 0 radical (unpaired) electrons. The van der Waals surface area contributed by atoms with E-state index in [0.717, 1.165) is 0 Å². The smallest absolute Gasteiger partial charge is 1.00 e. The molecule has 0 unspecified atom stereocenters. The van der Waals surface area contributed by atoms with Crippen molar-refractivity contribution in [3.63, 3.8) is 0 Å². The van der Waals surface area contributed by atoms with Gasteiger partial charge in [0.05, 0.1) is 0 Å². The molecule has 0 aliphatic carbocycles. The summed E-state index contributed by atoms with van der Waals surface area (Å²) in [5.74, 6) is 0. The Labute approximate surface area is 92.6 Å². The molecule has 0 amide bonds. The fourth-order valence-electron chi connectivity index (χ4n) is 0.511. The van der Waals surface area contributed by atoms with Gasteiger partial charge in [-0.3, -0.25) is 4.52 Å². The first kappa shape index (κ1) is 12.3. The minimum Gasteiger partial charge on any atom is -1.00 e. The molecule has 0 saturated heterocycles. The Bertz CT molecular complexity index is 263. The summed E-state index contributed by atoms with van der Waals surface area (Å²) >= 11 is 0. The van der Waals surface area contributed by atoms with Crippen LogP contribution in [-0.2, 0) is 15.8 Å². The van der Waals surface area contributed by atoms with Gasteiger partial charge in [-0.1, -0.05) is 0 Å². The van der Waals surface area contributed by atoms with Crippen molar-refractivity contribution in [2.45, 2.75) is 6.73 Å². The van der Waals surface area contributed by atoms with Crippen LogP contribution in [0.25, 0.3) is 0 Å². The Kier molecular flexibility index (Phi) is 5.27. The molecule has 0 aromatic carbocycles. The molecule has 64 valence electrons. The van der Waals surface area contributed by atoms with Crippen LogP contribution in [0.3, 0.4) is 0 Å². The Balaban J connectivity index is 0. The van der Waals surface area contributed by atoms with Crippen molar-refractivity contribution in [2.75, 3.05) is 0 Å². The molecule has 1 heterocycles. The Hall–Kier alpha value is 0.320. The summed E-state index contributed by atoms with van der Waals surface area (Å²) < 4.78 is 15.6. The molecule has 0 bridgehead atoms. The second-order valence-electron chi connectivity index (χ2n) is 1.79. The molecule has 6 nitrogen and oxygen atoms in total. The number of rotatable bonds is 3. The second kappa shape index (κ2) is 5.14. The number of hydrogen-bond acceptors (Lipinski definition) is 3. The monoisotopic (exact) mass is 202 g/mol. The molecule has 1 aromatic rings. The maximum absolute atomic E-state index is 10.2. The summed E-state index contributed by atoms with van der Waals surface area (Å²) in [5, 5.41) is 3.67. The van der Waals surface area contributed by atoms with Crippen LogP contribution in [0.5, 0.6) is 0 Å². The molecule has 0 fully saturated rings. The molecule has 2 N–H and O–H groups in total. The quantitative estimate of drug-likeness (QED) is 0.405. The largest absolute Gasteiger partial charge is 1.00 e. The first-order chi connectivity index (χ1) is 5.08. The van der Waals surface area contributed by atoms with Crippen LogP contribution in [0.1, 0.15) is 1.43 Å². The molecule has 8 heteroatoms. The van der Waals surface area contributed by atoms with Crippen molar-refractivity contribution < 1.29 is 49.9 Å². The molecule has 0 saturated carbocycles. The first-order valence-electron chi connectivity index (χ1n) is 2.75. The predicted octanol–water partition coefficient (Wildman–Crippen LogP) is -2.93. The zero-order valence-electron chi connectivity index (χ0n) is 7.49. The van der Waals surface area contributed by atoms with E-state index >= 15 is 0 Å². The average Bonchev–Trinajstić information content (AvgIpc) is 2.32. The third-order valence-corrected chi connectivity index (χ3v) is 1.37. The topological polar surface area (TPSA) is 84.6 Å². The summed E-state index contributed by atoms with van der Waals surface area (Å²) in [6.45, 7) is -0.239. The number of phosphoric acid groups is 1. The van der Waals surface area contributed by atoms with Crippen molar-refractivity contribution in [3.8, 4) is 0 Å². The van der Waals surface area contributed by atoms with Gasteiger partial charge in [-0.15, -0.1) is 0 Å². The van der Waals surface area contributed by atoms with Crippen molar-refractivity contribution in [3.05, 3.63) is 18.5 Å². The van der Waals surface area contributed by atoms with E-state index in [4.69, 9.17) is 9.79 Å². The maximum Gasteiger partial charge on any atom is 1.00 e. The average molecular weight is 202 g/mol. The van der Waals surface area contributed by atoms with Crippen molar-refractivity contribution in [2.24, 2.45) is 0 Å². The Morgan fingerprint density at radius 3 is 2.75 bits per heavy atom. The molecular formula is C4H8N2NaO4P. The zero-order valence-corrected chi connectivity index (χ0v) is 9.39. The minimum absolute atomic E-state index is 0. The third kappa shape index (κ3) is 5.05. The molecule has 0 aliphatic heterocycles. The van der Waals surface area contributed by atoms with E-state index in [1.807, 2.05) is 0 Å². The standard InChI is InChI=1S/C4H7N2O4P.Na.H/c7-11(8,9)10-4-6-3-1-2-5-6;;/h1-3H,4H2,(H2,7,8,9);;/q;+1;-1. The third-order valence-electron chi connectivity index (χ3n) is 0.917. The molecule has 1 rings (SSSR count). The van der Waals surface area contributed by atoms with Gasteiger partial charge in [-0.2, -0.15) is 5.10 Å². The van der Waals surface area contributed by atoms with Gasteiger partial charge in [0.1, 0.15) is 0 Å². The van der Waals surface area contributed by atoms with Gasteiger partial charge >= 0.3 is 37.4 Å². The molecule has 0 spiro atoms. The molecule has 12 heavy (non-hydrogen) atoms. The summed E-state index contributed by atoms with van der Waals surface area (Å²) in [6, 6.07) is 1.63. The van der Waals surface area contributed by atoms with E-state index in [1.165, 1.54) is 17.1 Å². The Morgan fingerprint density at radius 1 is 1.67 bits per heavy atom. The van der Waals surface area contributed by atoms with Crippen LogP contribution in [0.2, 0.25) is 0 Å². The van der Waals surface area contributed by atoms with Crippen LogP contribution in [0.4, 0.5) is 0 Å². The number of aromatic nitrogens is 2. The van der Waals surface area contributed by atoms with Crippen molar-refractivity contribution in [1.29, 1.82) is 0 Å². The summed E-state index contributed by atoms with van der Waals surface area (Å²) in [4.78, 5) is 16.5. The minimum atomic E-state index is -4.37. The van der Waals surface area contributed by atoms with E-state index in [0.29, 0.717) is 0 Å². The maximum atomic E-state index is 10.2. The van der Waals surface area contributed by atoms with E-state index < -0.39 is 7.82 Å². The number of nitrogens with zero attached hydrogens (tertiary/aromatic N) is 2. The molecule has 0 aliphatic rings. The van der Waals surface area contributed by atoms with E-state index in [-0.39, 0.29) is 37.7 Å². The van der Waals surface area contributed by atoms with E-state index in [9.17, 15) is 4.57 Å². The molecular weight excluding hydrogens is 194 g/mol. The number of phosphoric ester groups is 1. The fourth-order valence-corrected chi connectivity index (χ4v) is 0.780. The van der Waals surface area contributed by atoms with Gasteiger partial charge in [-0.25, -0.2) is 9.25 Å². The van der Waals surface area contributed by atoms with Crippen molar-refractivity contribution >= 4 is 7.82 Å². The van der Waals surface area contributed by atoms with Crippen LogP contribution < -0.4 is 29.6 Å². The SMILES string of the molecule is O=P(O)(O)OCn1cccn1.[H-].[Na+]. The summed E-state index contributed by atoms with van der Waals surface area (Å²) in [7, 11) is -4.37. The first-order valence-corrected chi connectivity index (χ1v) is 4.28. The molecule has 1 aromatic heterocycles. The Morgan fingerprint density at radius 2 is 2.33 bits per heavy atom.